The number of amides is 2. The van der Waals surface area contributed by atoms with Crippen LogP contribution < -0.4 is 19.9 Å². The SMILES string of the molecule is CCC(=O)N1CCC(Oc2ccc(N)c(C)n2)C1.CCC(=O)N1CCC(Oc2ccc(NS(=O)(=O)c3ccc(C(C)C)cc3)c(C)n2)C1. The predicted molar refractivity (Wildman–Crippen MR) is 186 cm³/mol. The van der Waals surface area contributed by atoms with Crippen LogP contribution in [0.15, 0.2) is 53.4 Å². The molecule has 13 heteroatoms. The molecule has 2 aliphatic heterocycles. The number of aryl methyl sites for hydroxylation is 2. The first-order valence-corrected chi connectivity index (χ1v) is 18.0. The molecule has 1 aromatic carbocycles. The van der Waals surface area contributed by atoms with Gasteiger partial charge in [-0.15, -0.1) is 0 Å². The molecule has 2 fully saturated rings. The Morgan fingerprint density at radius 3 is 1.79 bits per heavy atom. The van der Waals surface area contributed by atoms with Crippen LogP contribution in [0.3, 0.4) is 0 Å². The molecular formula is C35H48N6O6S. The van der Waals surface area contributed by atoms with E-state index in [1.807, 2.05) is 37.8 Å². The highest BCUT2D eigenvalue weighted by molar-refractivity contribution is 7.92. The number of likely N-dealkylation sites (tertiary alicyclic amines) is 2. The number of nitrogen functional groups attached to an aromatic ring is 1. The molecule has 3 aromatic rings. The van der Waals surface area contributed by atoms with E-state index in [9.17, 15) is 18.0 Å². The van der Waals surface area contributed by atoms with Crippen LogP contribution >= 0.6 is 0 Å². The third-order valence-electron chi connectivity index (χ3n) is 8.44. The number of pyridine rings is 2. The number of carbonyl (C=O) groups excluding carboxylic acids is 2. The van der Waals surface area contributed by atoms with E-state index in [1.165, 1.54) is 0 Å². The number of anilines is 2. The molecule has 12 nitrogen and oxygen atoms in total. The van der Waals surface area contributed by atoms with Gasteiger partial charge in [0.2, 0.25) is 23.6 Å². The number of ether oxygens (including phenoxy) is 2. The van der Waals surface area contributed by atoms with Gasteiger partial charge in [-0.3, -0.25) is 14.3 Å². The van der Waals surface area contributed by atoms with Crippen LogP contribution in [-0.2, 0) is 19.6 Å². The Morgan fingerprint density at radius 1 is 0.833 bits per heavy atom. The van der Waals surface area contributed by atoms with Crippen LogP contribution in [-0.4, -0.2) is 78.4 Å². The lowest BCUT2D eigenvalue weighted by molar-refractivity contribution is -0.130. The minimum absolute atomic E-state index is 0.0380. The van der Waals surface area contributed by atoms with Crippen molar-refractivity contribution in [2.75, 3.05) is 36.6 Å². The van der Waals surface area contributed by atoms with E-state index in [0.29, 0.717) is 67.2 Å². The van der Waals surface area contributed by atoms with Gasteiger partial charge in [-0.2, -0.15) is 0 Å². The Balaban J connectivity index is 0.000000246. The molecule has 0 aliphatic carbocycles. The maximum Gasteiger partial charge on any atom is 0.261 e. The third kappa shape index (κ3) is 9.59. The van der Waals surface area contributed by atoms with Crippen molar-refractivity contribution in [2.45, 2.75) is 90.2 Å². The van der Waals surface area contributed by atoms with Crippen LogP contribution in [0.4, 0.5) is 11.4 Å². The standard InChI is InChI=1S/C22H29N3O4S.C13H19N3O2/c1-5-22(26)25-13-12-18(14-25)29-21-11-10-20(16(4)23-21)24-30(27,28)19-8-6-17(7-9-19)15(2)3;1-3-13(17)16-7-6-10(8-16)18-12-5-4-11(14)9(2)15-12/h6-11,15,18,24H,5,12-14H2,1-4H3;4-5,10H,3,6-8,14H2,1-2H3. The summed E-state index contributed by atoms with van der Waals surface area (Å²) in [4.78, 5) is 35.9. The van der Waals surface area contributed by atoms with Crippen molar-refractivity contribution in [1.29, 1.82) is 0 Å². The summed E-state index contributed by atoms with van der Waals surface area (Å²) in [5.74, 6) is 1.64. The first kappa shape index (κ1) is 36.4. The maximum atomic E-state index is 12.7. The molecule has 0 saturated carbocycles. The number of carbonyl (C=O) groups is 2. The van der Waals surface area contributed by atoms with Crippen LogP contribution in [0.25, 0.3) is 0 Å². The first-order valence-electron chi connectivity index (χ1n) is 16.5. The van der Waals surface area contributed by atoms with Gasteiger partial charge in [0, 0.05) is 50.9 Å². The highest BCUT2D eigenvalue weighted by atomic mass is 32.2. The maximum absolute atomic E-state index is 12.7. The predicted octanol–water partition coefficient (Wildman–Crippen LogP) is 5.07. The van der Waals surface area contributed by atoms with E-state index in [1.54, 1.807) is 48.2 Å². The van der Waals surface area contributed by atoms with Crippen LogP contribution in [0.5, 0.6) is 11.8 Å². The van der Waals surface area contributed by atoms with Gasteiger partial charge in [-0.05, 0) is 49.6 Å². The number of nitrogens with one attached hydrogen (secondary N) is 1. The van der Waals surface area contributed by atoms with Gasteiger partial charge < -0.3 is 25.0 Å². The van der Waals surface area contributed by atoms with E-state index >= 15 is 0 Å². The number of aromatic nitrogens is 2. The number of hydrogen-bond acceptors (Lipinski definition) is 9. The third-order valence-corrected chi connectivity index (χ3v) is 9.82. The molecule has 0 radical (unpaired) electrons. The lowest BCUT2D eigenvalue weighted by Crippen LogP contribution is -2.30. The summed E-state index contributed by atoms with van der Waals surface area (Å²) in [6, 6.07) is 13.8. The monoisotopic (exact) mass is 680 g/mol. The van der Waals surface area contributed by atoms with Gasteiger partial charge in [0.1, 0.15) is 12.2 Å². The van der Waals surface area contributed by atoms with Gasteiger partial charge in [-0.25, -0.2) is 18.4 Å². The van der Waals surface area contributed by atoms with Gasteiger partial charge in [0.15, 0.2) is 0 Å². The average molecular weight is 681 g/mol. The Kier molecular flexibility index (Phi) is 12.3. The molecular weight excluding hydrogens is 632 g/mol. The zero-order valence-corrected chi connectivity index (χ0v) is 29.5. The molecule has 48 heavy (non-hydrogen) atoms. The van der Waals surface area contributed by atoms with Crippen LogP contribution in [0.2, 0.25) is 0 Å². The Bertz CT molecular complexity index is 1680. The molecule has 2 aromatic heterocycles. The largest absolute Gasteiger partial charge is 0.472 e. The van der Waals surface area contributed by atoms with Crippen LogP contribution in [0.1, 0.15) is 76.2 Å². The highest BCUT2D eigenvalue weighted by Crippen LogP contribution is 2.25. The smallest absolute Gasteiger partial charge is 0.261 e. The number of rotatable bonds is 10. The molecule has 2 saturated heterocycles. The minimum atomic E-state index is -3.71. The van der Waals surface area contributed by atoms with Gasteiger partial charge in [0.25, 0.3) is 10.0 Å². The molecule has 5 rings (SSSR count). The Hall–Kier alpha value is -4.39. The fraction of sp³-hybridized carbons (Fsp3) is 0.486. The van der Waals surface area contributed by atoms with E-state index in [4.69, 9.17) is 15.2 Å². The molecule has 0 bridgehead atoms. The Morgan fingerprint density at radius 2 is 1.33 bits per heavy atom. The summed E-state index contributed by atoms with van der Waals surface area (Å²) in [7, 11) is -3.71. The summed E-state index contributed by atoms with van der Waals surface area (Å²) >= 11 is 0. The van der Waals surface area contributed by atoms with Crippen molar-refractivity contribution in [3.63, 3.8) is 0 Å². The average Bonchev–Trinajstić information content (AvgIpc) is 3.74. The molecule has 2 amide bonds. The van der Waals surface area contributed by atoms with Gasteiger partial charge in [-0.1, -0.05) is 39.8 Å². The number of nitrogens with zero attached hydrogens (tertiary/aromatic N) is 4. The first-order chi connectivity index (χ1) is 22.8. The molecule has 260 valence electrons. The van der Waals surface area contributed by atoms with Crippen molar-refractivity contribution in [1.82, 2.24) is 19.8 Å². The molecule has 2 aliphatic rings. The second kappa shape index (κ2) is 16.1. The topological polar surface area (TPSA) is 157 Å². The molecule has 2 atom stereocenters. The number of sulfonamides is 1. The summed E-state index contributed by atoms with van der Waals surface area (Å²) in [6.07, 6.45) is 2.58. The summed E-state index contributed by atoms with van der Waals surface area (Å²) in [5, 5.41) is 0. The quantitative estimate of drug-likeness (QED) is 0.299. The molecule has 3 N–H and O–H groups in total. The van der Waals surface area contributed by atoms with Crippen molar-refractivity contribution < 1.29 is 27.5 Å². The number of benzene rings is 1. The fourth-order valence-electron chi connectivity index (χ4n) is 5.45. The lowest BCUT2D eigenvalue weighted by atomic mass is 10.0. The van der Waals surface area contributed by atoms with Crippen molar-refractivity contribution in [3.8, 4) is 11.8 Å². The summed E-state index contributed by atoms with van der Waals surface area (Å²) < 4.78 is 39.7. The zero-order valence-electron chi connectivity index (χ0n) is 28.7. The molecule has 0 spiro atoms. The van der Waals surface area contributed by atoms with Crippen molar-refractivity contribution >= 4 is 33.2 Å². The van der Waals surface area contributed by atoms with Gasteiger partial charge >= 0.3 is 0 Å². The van der Waals surface area contributed by atoms with Crippen LogP contribution in [0, 0.1) is 13.8 Å². The van der Waals surface area contributed by atoms with Crippen molar-refractivity contribution in [2.24, 2.45) is 0 Å². The van der Waals surface area contributed by atoms with Gasteiger partial charge in [0.05, 0.1) is 40.7 Å². The van der Waals surface area contributed by atoms with E-state index in [0.717, 1.165) is 30.6 Å². The molecule has 4 heterocycles. The molecule has 2 unspecified atom stereocenters. The Labute approximate surface area is 284 Å². The highest BCUT2D eigenvalue weighted by Gasteiger charge is 2.28. The summed E-state index contributed by atoms with van der Waals surface area (Å²) in [5.41, 5.74) is 9.15. The number of nitrogens with two attached hydrogens (primary N) is 1. The summed E-state index contributed by atoms with van der Waals surface area (Å²) in [6.45, 7) is 14.1. The zero-order chi connectivity index (χ0) is 35.0. The second-order valence-electron chi connectivity index (χ2n) is 12.4. The van der Waals surface area contributed by atoms with Crippen molar-refractivity contribution in [3.05, 3.63) is 65.5 Å². The van der Waals surface area contributed by atoms with E-state index < -0.39 is 10.0 Å². The normalized spacial score (nSPS) is 17.6. The minimum Gasteiger partial charge on any atom is -0.472 e. The second-order valence-corrected chi connectivity index (χ2v) is 14.1. The lowest BCUT2D eigenvalue weighted by Gasteiger charge is -2.17. The fourth-order valence-corrected chi connectivity index (χ4v) is 6.57. The number of hydrogen-bond donors (Lipinski definition) is 2. The van der Waals surface area contributed by atoms with E-state index in [2.05, 4.69) is 28.5 Å². The van der Waals surface area contributed by atoms with E-state index in [-0.39, 0.29) is 28.9 Å².